The Hall–Kier alpha value is -2.23. The molecule has 29 heavy (non-hydrogen) atoms. The SMILES string of the molecule is NS(=O)(=NC(=O)Nc1c2c(cc3c1CCC3)CCC2)c1cnn2c1COCCC2. The van der Waals surface area contributed by atoms with Crippen LogP contribution in [0.5, 0.6) is 0 Å². The van der Waals surface area contributed by atoms with Crippen molar-refractivity contribution in [3.63, 3.8) is 0 Å². The summed E-state index contributed by atoms with van der Waals surface area (Å²) in [5, 5.41) is 13.2. The highest BCUT2D eigenvalue weighted by Crippen LogP contribution is 2.38. The van der Waals surface area contributed by atoms with E-state index in [9.17, 15) is 9.00 Å². The fraction of sp³-hybridized carbons (Fsp3) is 0.500. The summed E-state index contributed by atoms with van der Waals surface area (Å²) in [5.41, 5.74) is 6.53. The number of hydrogen-bond acceptors (Lipinski definition) is 4. The summed E-state index contributed by atoms with van der Waals surface area (Å²) < 4.78 is 24.3. The molecule has 0 saturated heterocycles. The van der Waals surface area contributed by atoms with E-state index in [0.29, 0.717) is 18.8 Å². The average molecular weight is 416 g/mol. The minimum atomic E-state index is -3.42. The number of fused-ring (bicyclic) bond motifs is 3. The Balaban J connectivity index is 1.48. The van der Waals surface area contributed by atoms with Crippen molar-refractivity contribution >= 4 is 21.6 Å². The largest absolute Gasteiger partial charge is 0.375 e. The molecule has 8 nitrogen and oxygen atoms in total. The number of urea groups is 1. The Kier molecular flexibility index (Phi) is 4.68. The molecule has 1 aromatic heterocycles. The molecule has 0 fully saturated rings. The number of nitrogens with two attached hydrogens (primary N) is 1. The molecule has 3 aliphatic rings. The lowest BCUT2D eigenvalue weighted by molar-refractivity contribution is 0.123. The van der Waals surface area contributed by atoms with E-state index in [1.807, 2.05) is 0 Å². The predicted octanol–water partition coefficient (Wildman–Crippen LogP) is 2.71. The van der Waals surface area contributed by atoms with Gasteiger partial charge in [0, 0.05) is 18.8 Å². The lowest BCUT2D eigenvalue weighted by atomic mass is 9.99. The molecule has 1 atom stereocenters. The van der Waals surface area contributed by atoms with Crippen LogP contribution in [0.25, 0.3) is 0 Å². The molecular weight excluding hydrogens is 390 g/mol. The fourth-order valence-electron chi connectivity index (χ4n) is 4.73. The van der Waals surface area contributed by atoms with Crippen LogP contribution in [0.1, 0.15) is 47.2 Å². The lowest BCUT2D eigenvalue weighted by Gasteiger charge is -2.15. The fourth-order valence-corrected chi connectivity index (χ4v) is 5.82. The number of hydrogen-bond donors (Lipinski definition) is 2. The van der Waals surface area contributed by atoms with Gasteiger partial charge in [-0.2, -0.15) is 5.10 Å². The number of aryl methyl sites for hydroxylation is 3. The van der Waals surface area contributed by atoms with Crippen molar-refractivity contribution in [1.82, 2.24) is 9.78 Å². The molecule has 9 heteroatoms. The van der Waals surface area contributed by atoms with Crippen LogP contribution in [-0.2, 0) is 53.5 Å². The lowest BCUT2D eigenvalue weighted by Crippen LogP contribution is -2.20. The number of carbonyl (C=O) groups excluding carboxylic acids is 1. The van der Waals surface area contributed by atoms with Crippen molar-refractivity contribution in [2.45, 2.75) is 63.0 Å². The molecule has 1 aliphatic heterocycles. The predicted molar refractivity (Wildman–Crippen MR) is 109 cm³/mol. The number of nitrogens with one attached hydrogen (secondary N) is 1. The number of ether oxygens (including phenoxy) is 1. The molecular formula is C20H25N5O3S. The van der Waals surface area contributed by atoms with Crippen LogP contribution >= 0.6 is 0 Å². The first-order chi connectivity index (χ1) is 14.0. The Bertz CT molecular complexity index is 1080. The summed E-state index contributed by atoms with van der Waals surface area (Å²) in [6.45, 7) is 1.54. The van der Waals surface area contributed by atoms with E-state index in [2.05, 4.69) is 20.8 Å². The van der Waals surface area contributed by atoms with Crippen LogP contribution in [0.4, 0.5) is 10.5 Å². The van der Waals surface area contributed by atoms with Crippen LogP contribution < -0.4 is 10.5 Å². The van der Waals surface area contributed by atoms with Gasteiger partial charge in [-0.15, -0.1) is 4.36 Å². The molecule has 1 aromatic carbocycles. The van der Waals surface area contributed by atoms with Crippen LogP contribution in [-0.4, -0.2) is 26.6 Å². The highest BCUT2D eigenvalue weighted by Gasteiger charge is 2.26. The summed E-state index contributed by atoms with van der Waals surface area (Å²) >= 11 is 0. The van der Waals surface area contributed by atoms with Gasteiger partial charge in [0.15, 0.2) is 0 Å². The van der Waals surface area contributed by atoms with E-state index in [4.69, 9.17) is 9.88 Å². The van der Waals surface area contributed by atoms with Crippen molar-refractivity contribution in [2.24, 2.45) is 9.50 Å². The summed E-state index contributed by atoms with van der Waals surface area (Å²) in [6, 6.07) is 1.63. The quantitative estimate of drug-likeness (QED) is 0.785. The first-order valence-corrected chi connectivity index (χ1v) is 11.8. The molecule has 0 spiro atoms. The van der Waals surface area contributed by atoms with E-state index in [1.165, 1.54) is 28.5 Å². The monoisotopic (exact) mass is 415 g/mol. The van der Waals surface area contributed by atoms with Gasteiger partial charge in [-0.05, 0) is 67.2 Å². The number of anilines is 1. The van der Waals surface area contributed by atoms with E-state index < -0.39 is 15.9 Å². The van der Waals surface area contributed by atoms with E-state index in [1.54, 1.807) is 4.68 Å². The van der Waals surface area contributed by atoms with Crippen molar-refractivity contribution in [3.05, 3.63) is 40.2 Å². The maximum atomic E-state index is 13.1. The van der Waals surface area contributed by atoms with Gasteiger partial charge in [-0.3, -0.25) is 4.68 Å². The van der Waals surface area contributed by atoms with Gasteiger partial charge in [-0.25, -0.2) is 14.1 Å². The molecule has 1 unspecified atom stereocenters. The normalized spacial score (nSPS) is 19.6. The molecule has 2 aromatic rings. The van der Waals surface area contributed by atoms with Gasteiger partial charge in [0.25, 0.3) is 0 Å². The molecule has 5 rings (SSSR count). The minimum Gasteiger partial charge on any atom is -0.375 e. The Morgan fingerprint density at radius 3 is 2.62 bits per heavy atom. The molecule has 0 bridgehead atoms. The number of carbonyl (C=O) groups is 1. The molecule has 0 radical (unpaired) electrons. The molecule has 154 valence electrons. The van der Waals surface area contributed by atoms with Crippen LogP contribution in [0.3, 0.4) is 0 Å². The third-order valence-corrected chi connectivity index (χ3v) is 7.45. The smallest absolute Gasteiger partial charge is 0.354 e. The van der Waals surface area contributed by atoms with Crippen molar-refractivity contribution < 1.29 is 13.7 Å². The maximum absolute atomic E-state index is 13.1. The molecule has 2 heterocycles. The zero-order valence-corrected chi connectivity index (χ0v) is 17.1. The van der Waals surface area contributed by atoms with E-state index >= 15 is 0 Å². The number of rotatable bonds is 2. The number of benzene rings is 1. The topological polar surface area (TPSA) is 112 Å². The number of aromatic nitrogens is 2. The van der Waals surface area contributed by atoms with Crippen molar-refractivity contribution in [1.29, 1.82) is 0 Å². The first-order valence-electron chi connectivity index (χ1n) is 10.2. The average Bonchev–Trinajstić information content (AvgIpc) is 3.38. The van der Waals surface area contributed by atoms with Gasteiger partial charge in [-0.1, -0.05) is 6.07 Å². The standard InChI is InChI=1S/C20H25N5O3S/c21-29(27,18-11-22-25-8-3-9-28-12-17(18)25)24-20(26)23-19-15-6-1-4-13(15)10-14-5-2-7-16(14)19/h10-11H,1-9,12H2,(H3,21,23,24,26,27). The number of nitrogens with zero attached hydrogens (tertiary/aromatic N) is 3. The summed E-state index contributed by atoms with van der Waals surface area (Å²) in [7, 11) is -3.42. The van der Waals surface area contributed by atoms with Crippen LogP contribution in [0.15, 0.2) is 21.5 Å². The second-order valence-electron chi connectivity index (χ2n) is 7.91. The zero-order valence-electron chi connectivity index (χ0n) is 16.3. The highest BCUT2D eigenvalue weighted by molar-refractivity contribution is 7.91. The minimum absolute atomic E-state index is 0.264. The third-order valence-electron chi connectivity index (χ3n) is 6.05. The molecule has 2 amide bonds. The Morgan fingerprint density at radius 1 is 1.17 bits per heavy atom. The third kappa shape index (κ3) is 3.37. The Morgan fingerprint density at radius 2 is 1.90 bits per heavy atom. The summed E-state index contributed by atoms with van der Waals surface area (Å²) in [5.74, 6) is 0. The highest BCUT2D eigenvalue weighted by atomic mass is 32.2. The van der Waals surface area contributed by atoms with E-state index in [0.717, 1.165) is 50.6 Å². The van der Waals surface area contributed by atoms with Gasteiger partial charge in [0.1, 0.15) is 14.8 Å². The summed E-state index contributed by atoms with van der Waals surface area (Å²) in [6.07, 6.45) is 8.43. The first kappa shape index (κ1) is 18.8. The van der Waals surface area contributed by atoms with Crippen LogP contribution in [0, 0.1) is 0 Å². The number of amides is 2. The second kappa shape index (κ2) is 7.23. The van der Waals surface area contributed by atoms with Crippen LogP contribution in [0.2, 0.25) is 0 Å². The molecule has 3 N–H and O–H groups in total. The van der Waals surface area contributed by atoms with E-state index in [-0.39, 0.29) is 11.5 Å². The summed E-state index contributed by atoms with van der Waals surface area (Å²) in [4.78, 5) is 13.0. The maximum Gasteiger partial charge on any atom is 0.354 e. The van der Waals surface area contributed by atoms with Crippen molar-refractivity contribution in [3.8, 4) is 0 Å². The zero-order chi connectivity index (χ0) is 20.0. The van der Waals surface area contributed by atoms with Gasteiger partial charge in [0.2, 0.25) is 0 Å². The van der Waals surface area contributed by atoms with Gasteiger partial charge in [0.05, 0.1) is 18.5 Å². The van der Waals surface area contributed by atoms with Crippen molar-refractivity contribution in [2.75, 3.05) is 11.9 Å². The van der Waals surface area contributed by atoms with Gasteiger partial charge < -0.3 is 10.1 Å². The Labute approximate surface area is 170 Å². The molecule has 2 aliphatic carbocycles. The van der Waals surface area contributed by atoms with Gasteiger partial charge >= 0.3 is 6.03 Å². The second-order valence-corrected chi connectivity index (χ2v) is 9.67. The molecule has 0 saturated carbocycles.